The van der Waals surface area contributed by atoms with E-state index in [4.69, 9.17) is 4.74 Å². The third-order valence-corrected chi connectivity index (χ3v) is 5.42. The van der Waals surface area contributed by atoms with Crippen LogP contribution in [0.5, 0.6) is 0 Å². The molecule has 1 aliphatic rings. The van der Waals surface area contributed by atoms with E-state index in [1.54, 1.807) is 18.9 Å². The van der Waals surface area contributed by atoms with Crippen LogP contribution in [0.1, 0.15) is 19.8 Å². The van der Waals surface area contributed by atoms with E-state index in [0.717, 1.165) is 4.90 Å². The van der Waals surface area contributed by atoms with Crippen molar-refractivity contribution in [2.24, 2.45) is 5.92 Å². The largest absolute Gasteiger partial charge is 0.389 e. The molecule has 1 heterocycles. The van der Waals surface area contributed by atoms with E-state index in [-0.39, 0.29) is 11.8 Å². The highest BCUT2D eigenvalue weighted by Gasteiger charge is 2.39. The van der Waals surface area contributed by atoms with Crippen LogP contribution in [0, 0.1) is 5.92 Å². The highest BCUT2D eigenvalue weighted by molar-refractivity contribution is 8.00. The molecule has 0 aliphatic carbocycles. The van der Waals surface area contributed by atoms with E-state index in [9.17, 15) is 9.90 Å². The summed E-state index contributed by atoms with van der Waals surface area (Å²) in [7, 11) is 1.65. The minimum absolute atomic E-state index is 0.0714. The molecule has 0 spiro atoms. The number of likely N-dealkylation sites (tertiary alicyclic amines) is 1. The Morgan fingerprint density at radius 1 is 1.45 bits per heavy atom. The molecular formula is C17H25NO3S. The van der Waals surface area contributed by atoms with Crippen LogP contribution in [0.3, 0.4) is 0 Å². The normalized spacial score (nSPS) is 25.2. The summed E-state index contributed by atoms with van der Waals surface area (Å²) in [6.45, 7) is 3.81. The molecule has 0 aromatic heterocycles. The third-order valence-electron chi connectivity index (χ3n) is 4.42. The molecule has 5 heteroatoms. The number of carbonyl (C=O) groups is 1. The highest BCUT2D eigenvalue weighted by Crippen LogP contribution is 2.31. The Morgan fingerprint density at radius 2 is 2.18 bits per heavy atom. The molecule has 1 amide bonds. The van der Waals surface area contributed by atoms with E-state index >= 15 is 0 Å². The Morgan fingerprint density at radius 3 is 2.82 bits per heavy atom. The summed E-state index contributed by atoms with van der Waals surface area (Å²) in [5.41, 5.74) is -0.709. The molecule has 1 aromatic rings. The van der Waals surface area contributed by atoms with Gasteiger partial charge in [0.2, 0.25) is 5.91 Å². The first-order chi connectivity index (χ1) is 10.5. The number of hydrogen-bond donors (Lipinski definition) is 1. The monoisotopic (exact) mass is 323 g/mol. The van der Waals surface area contributed by atoms with Gasteiger partial charge >= 0.3 is 0 Å². The van der Waals surface area contributed by atoms with Crippen molar-refractivity contribution < 1.29 is 14.6 Å². The van der Waals surface area contributed by atoms with E-state index in [1.807, 2.05) is 42.2 Å². The number of thioether (sulfide) groups is 1. The average Bonchev–Trinajstić information content (AvgIpc) is 2.54. The number of ether oxygens (including phenoxy) is 1. The smallest absolute Gasteiger partial charge is 0.232 e. The van der Waals surface area contributed by atoms with E-state index < -0.39 is 5.60 Å². The van der Waals surface area contributed by atoms with E-state index in [1.165, 1.54) is 0 Å². The fraction of sp³-hybridized carbons (Fsp3) is 0.588. The van der Waals surface area contributed by atoms with Crippen molar-refractivity contribution in [2.45, 2.75) is 30.3 Å². The molecule has 1 N–H and O–H groups in total. The van der Waals surface area contributed by atoms with Crippen LogP contribution in [0.25, 0.3) is 0 Å². The molecule has 1 saturated heterocycles. The van der Waals surface area contributed by atoms with Gasteiger partial charge in [-0.25, -0.2) is 0 Å². The molecule has 0 saturated carbocycles. The molecule has 22 heavy (non-hydrogen) atoms. The predicted octanol–water partition coefficient (Wildman–Crippen LogP) is 2.41. The number of methoxy groups -OCH3 is 1. The Labute approximate surface area is 136 Å². The number of amides is 1. The van der Waals surface area contributed by atoms with Gasteiger partial charge in [-0.3, -0.25) is 4.79 Å². The topological polar surface area (TPSA) is 49.8 Å². The van der Waals surface area contributed by atoms with Crippen LogP contribution in [0.15, 0.2) is 35.2 Å². The number of hydrogen-bond acceptors (Lipinski definition) is 4. The van der Waals surface area contributed by atoms with Crippen LogP contribution in [-0.4, -0.2) is 54.1 Å². The lowest BCUT2D eigenvalue weighted by Gasteiger charge is -2.43. The molecule has 2 rings (SSSR count). The second-order valence-electron chi connectivity index (χ2n) is 5.94. The van der Waals surface area contributed by atoms with Gasteiger partial charge < -0.3 is 14.7 Å². The van der Waals surface area contributed by atoms with Gasteiger partial charge in [-0.15, -0.1) is 11.8 Å². The van der Waals surface area contributed by atoms with Crippen molar-refractivity contribution in [3.63, 3.8) is 0 Å². The lowest BCUT2D eigenvalue weighted by Crippen LogP contribution is -2.53. The van der Waals surface area contributed by atoms with Crippen molar-refractivity contribution in [1.82, 2.24) is 4.90 Å². The first-order valence-electron chi connectivity index (χ1n) is 7.72. The highest BCUT2D eigenvalue weighted by atomic mass is 32.2. The van der Waals surface area contributed by atoms with Gasteiger partial charge in [-0.05, 0) is 25.0 Å². The van der Waals surface area contributed by atoms with Crippen molar-refractivity contribution in [3.05, 3.63) is 30.3 Å². The Hall–Kier alpha value is -1.04. The number of carbonyl (C=O) groups excluding carboxylic acids is 1. The SMILES string of the molecule is COCC[C@]1(O)CCN(C(=O)CSc2ccccc2)C[C@H]1C. The molecule has 1 aromatic carbocycles. The van der Waals surface area contributed by atoms with Gasteiger partial charge in [-0.2, -0.15) is 0 Å². The molecular weight excluding hydrogens is 298 g/mol. The minimum Gasteiger partial charge on any atom is -0.389 e. The molecule has 2 atom stereocenters. The fourth-order valence-corrected chi connectivity index (χ4v) is 3.62. The Balaban J connectivity index is 1.83. The predicted molar refractivity (Wildman–Crippen MR) is 89.0 cm³/mol. The molecule has 1 fully saturated rings. The van der Waals surface area contributed by atoms with Gasteiger partial charge in [-0.1, -0.05) is 25.1 Å². The maximum atomic E-state index is 12.3. The standard InChI is InChI=1S/C17H25NO3S/c1-14-12-18(10-8-17(14,20)9-11-21-2)16(19)13-22-15-6-4-3-5-7-15/h3-7,14,20H,8-13H2,1-2H3/t14-,17-/m1/s1. The summed E-state index contributed by atoms with van der Waals surface area (Å²) >= 11 is 1.56. The van der Waals surface area contributed by atoms with Gasteiger partial charge in [0.25, 0.3) is 0 Å². The lowest BCUT2D eigenvalue weighted by molar-refractivity contribution is -0.137. The third kappa shape index (κ3) is 4.48. The number of rotatable bonds is 6. The van der Waals surface area contributed by atoms with Crippen LogP contribution in [-0.2, 0) is 9.53 Å². The summed E-state index contributed by atoms with van der Waals surface area (Å²) in [5.74, 6) is 0.671. The fourth-order valence-electron chi connectivity index (χ4n) is 2.80. The minimum atomic E-state index is -0.709. The van der Waals surface area contributed by atoms with Gasteiger partial charge in [0.1, 0.15) is 0 Å². The van der Waals surface area contributed by atoms with Crippen LogP contribution >= 0.6 is 11.8 Å². The second-order valence-corrected chi connectivity index (χ2v) is 6.99. The van der Waals surface area contributed by atoms with Crippen molar-refractivity contribution in [3.8, 4) is 0 Å². The Bertz CT molecular complexity index is 482. The van der Waals surface area contributed by atoms with Crippen LogP contribution < -0.4 is 0 Å². The van der Waals surface area contributed by atoms with Gasteiger partial charge in [0, 0.05) is 37.6 Å². The summed E-state index contributed by atoms with van der Waals surface area (Å²) in [5, 5.41) is 10.7. The molecule has 0 radical (unpaired) electrons. The Kier molecular flexibility index (Phi) is 6.29. The first-order valence-corrected chi connectivity index (χ1v) is 8.70. The van der Waals surface area contributed by atoms with E-state index in [2.05, 4.69) is 0 Å². The van der Waals surface area contributed by atoms with Gasteiger partial charge in [0.15, 0.2) is 0 Å². The van der Waals surface area contributed by atoms with Gasteiger partial charge in [0.05, 0.1) is 11.4 Å². The summed E-state index contributed by atoms with van der Waals surface area (Å²) in [6, 6.07) is 9.96. The molecule has 122 valence electrons. The summed E-state index contributed by atoms with van der Waals surface area (Å²) in [4.78, 5) is 15.3. The maximum absolute atomic E-state index is 12.3. The van der Waals surface area contributed by atoms with E-state index in [0.29, 0.717) is 38.3 Å². The number of aliphatic hydroxyl groups is 1. The molecule has 4 nitrogen and oxygen atoms in total. The molecule has 0 unspecified atom stereocenters. The first kappa shape index (κ1) is 17.3. The zero-order valence-electron chi connectivity index (χ0n) is 13.3. The summed E-state index contributed by atoms with van der Waals surface area (Å²) in [6.07, 6.45) is 1.25. The quantitative estimate of drug-likeness (QED) is 0.817. The van der Waals surface area contributed by atoms with Crippen molar-refractivity contribution in [2.75, 3.05) is 32.6 Å². The second kappa shape index (κ2) is 7.99. The average molecular weight is 323 g/mol. The number of benzene rings is 1. The van der Waals surface area contributed by atoms with Crippen LogP contribution in [0.2, 0.25) is 0 Å². The maximum Gasteiger partial charge on any atom is 0.232 e. The van der Waals surface area contributed by atoms with Crippen LogP contribution in [0.4, 0.5) is 0 Å². The summed E-state index contributed by atoms with van der Waals surface area (Å²) < 4.78 is 5.08. The van der Waals surface area contributed by atoms with Crippen molar-refractivity contribution >= 4 is 17.7 Å². The number of nitrogens with zero attached hydrogens (tertiary/aromatic N) is 1. The number of piperidine rings is 1. The molecule has 0 bridgehead atoms. The zero-order chi connectivity index (χ0) is 16.0. The zero-order valence-corrected chi connectivity index (χ0v) is 14.1. The van der Waals surface area contributed by atoms with Crippen molar-refractivity contribution in [1.29, 1.82) is 0 Å². The lowest BCUT2D eigenvalue weighted by atomic mass is 9.80. The molecule has 1 aliphatic heterocycles.